The standard InChI is InChI=1S/C20H22N2O3/c23-18(15-7-3-1-4-8-15)20(25)22-13-11-17(12-14-22)21-19(24)16-9-5-2-6-10-16/h1-10,17-18,23H,11-14H2,(H,21,24). The lowest BCUT2D eigenvalue weighted by molar-refractivity contribution is -0.141. The first kappa shape index (κ1) is 17.2. The Hall–Kier alpha value is -2.66. The molecule has 0 spiro atoms. The third kappa shape index (κ3) is 4.25. The molecule has 5 heteroatoms. The maximum atomic E-state index is 12.4. The van der Waals surface area contributed by atoms with Crippen LogP contribution in [-0.4, -0.2) is 41.0 Å². The van der Waals surface area contributed by atoms with Gasteiger partial charge in [-0.25, -0.2) is 0 Å². The van der Waals surface area contributed by atoms with Crippen molar-refractivity contribution in [1.82, 2.24) is 10.2 Å². The van der Waals surface area contributed by atoms with Crippen molar-refractivity contribution in [3.63, 3.8) is 0 Å². The molecule has 0 aliphatic carbocycles. The summed E-state index contributed by atoms with van der Waals surface area (Å²) in [5.74, 6) is -0.367. The molecule has 0 saturated carbocycles. The van der Waals surface area contributed by atoms with Crippen LogP contribution in [0.4, 0.5) is 0 Å². The number of nitrogens with one attached hydrogen (secondary N) is 1. The van der Waals surface area contributed by atoms with Gasteiger partial charge in [0.15, 0.2) is 6.10 Å². The van der Waals surface area contributed by atoms with E-state index < -0.39 is 6.10 Å². The number of amides is 2. The minimum Gasteiger partial charge on any atom is -0.378 e. The Kier molecular flexibility index (Phi) is 5.46. The third-order valence-electron chi connectivity index (χ3n) is 4.53. The molecule has 0 bridgehead atoms. The minimum atomic E-state index is -1.13. The zero-order valence-electron chi connectivity index (χ0n) is 14.0. The summed E-state index contributed by atoms with van der Waals surface area (Å²) in [4.78, 5) is 26.3. The van der Waals surface area contributed by atoms with E-state index in [0.29, 0.717) is 37.1 Å². The molecule has 0 aromatic heterocycles. The molecular weight excluding hydrogens is 316 g/mol. The second-order valence-electron chi connectivity index (χ2n) is 6.25. The monoisotopic (exact) mass is 338 g/mol. The predicted octanol–water partition coefficient (Wildman–Crippen LogP) is 2.14. The summed E-state index contributed by atoms with van der Waals surface area (Å²) in [6.07, 6.45) is 0.245. The Labute approximate surface area is 147 Å². The van der Waals surface area contributed by atoms with Crippen LogP contribution in [0.2, 0.25) is 0 Å². The average Bonchev–Trinajstić information content (AvgIpc) is 2.69. The Morgan fingerprint density at radius 1 is 0.960 bits per heavy atom. The molecule has 1 fully saturated rings. The number of hydrogen-bond donors (Lipinski definition) is 2. The average molecular weight is 338 g/mol. The van der Waals surface area contributed by atoms with E-state index in [-0.39, 0.29) is 17.9 Å². The first-order valence-corrected chi connectivity index (χ1v) is 8.53. The smallest absolute Gasteiger partial charge is 0.256 e. The van der Waals surface area contributed by atoms with Crippen LogP contribution < -0.4 is 5.32 Å². The fraction of sp³-hybridized carbons (Fsp3) is 0.300. The van der Waals surface area contributed by atoms with Gasteiger partial charge in [-0.05, 0) is 30.5 Å². The quantitative estimate of drug-likeness (QED) is 0.897. The van der Waals surface area contributed by atoms with Gasteiger partial charge in [-0.3, -0.25) is 9.59 Å². The van der Waals surface area contributed by atoms with Gasteiger partial charge >= 0.3 is 0 Å². The van der Waals surface area contributed by atoms with E-state index in [2.05, 4.69) is 5.32 Å². The van der Waals surface area contributed by atoms with Crippen LogP contribution in [0.25, 0.3) is 0 Å². The Morgan fingerprint density at radius 3 is 2.12 bits per heavy atom. The van der Waals surface area contributed by atoms with Gasteiger partial charge in [-0.15, -0.1) is 0 Å². The molecule has 2 aromatic rings. The molecule has 1 heterocycles. The summed E-state index contributed by atoms with van der Waals surface area (Å²) in [5.41, 5.74) is 1.24. The Bertz CT molecular complexity index is 710. The summed E-state index contributed by atoms with van der Waals surface area (Å²) in [5, 5.41) is 13.3. The van der Waals surface area contributed by atoms with Crippen molar-refractivity contribution < 1.29 is 14.7 Å². The topological polar surface area (TPSA) is 69.6 Å². The molecule has 1 atom stereocenters. The van der Waals surface area contributed by atoms with E-state index in [9.17, 15) is 14.7 Å². The highest BCUT2D eigenvalue weighted by Gasteiger charge is 2.28. The SMILES string of the molecule is O=C(NC1CCN(C(=O)C(O)c2ccccc2)CC1)c1ccccc1. The number of hydrogen-bond acceptors (Lipinski definition) is 3. The number of benzene rings is 2. The van der Waals surface area contributed by atoms with Crippen molar-refractivity contribution in [3.05, 3.63) is 71.8 Å². The van der Waals surface area contributed by atoms with Gasteiger partial charge in [-0.2, -0.15) is 0 Å². The molecule has 25 heavy (non-hydrogen) atoms. The Balaban J connectivity index is 1.51. The highest BCUT2D eigenvalue weighted by Crippen LogP contribution is 2.19. The number of aliphatic hydroxyl groups is 1. The van der Waals surface area contributed by atoms with Crippen LogP contribution >= 0.6 is 0 Å². The van der Waals surface area contributed by atoms with Gasteiger partial charge in [0.2, 0.25) is 0 Å². The van der Waals surface area contributed by atoms with Gasteiger partial charge in [0.25, 0.3) is 11.8 Å². The zero-order chi connectivity index (χ0) is 17.6. The van der Waals surface area contributed by atoms with Gasteiger partial charge in [-0.1, -0.05) is 48.5 Å². The van der Waals surface area contributed by atoms with E-state index in [4.69, 9.17) is 0 Å². The van der Waals surface area contributed by atoms with Crippen molar-refractivity contribution in [2.24, 2.45) is 0 Å². The molecule has 2 N–H and O–H groups in total. The highest BCUT2D eigenvalue weighted by atomic mass is 16.3. The molecule has 130 valence electrons. The summed E-state index contributed by atoms with van der Waals surface area (Å²) in [6.45, 7) is 1.06. The molecule has 1 unspecified atom stereocenters. The lowest BCUT2D eigenvalue weighted by Crippen LogP contribution is -2.47. The van der Waals surface area contributed by atoms with Crippen LogP contribution in [0, 0.1) is 0 Å². The number of piperidine rings is 1. The first-order chi connectivity index (χ1) is 12.1. The highest BCUT2D eigenvalue weighted by molar-refractivity contribution is 5.94. The number of carbonyl (C=O) groups excluding carboxylic acids is 2. The van der Waals surface area contributed by atoms with Crippen molar-refractivity contribution in [1.29, 1.82) is 0 Å². The van der Waals surface area contributed by atoms with E-state index in [1.54, 1.807) is 41.3 Å². The molecule has 1 aliphatic heterocycles. The predicted molar refractivity (Wildman–Crippen MR) is 94.9 cm³/mol. The molecule has 5 nitrogen and oxygen atoms in total. The first-order valence-electron chi connectivity index (χ1n) is 8.53. The van der Waals surface area contributed by atoms with Gasteiger partial charge in [0.1, 0.15) is 0 Å². The van der Waals surface area contributed by atoms with Crippen molar-refractivity contribution in [3.8, 4) is 0 Å². The zero-order valence-corrected chi connectivity index (χ0v) is 14.0. The normalized spacial score (nSPS) is 16.3. The summed E-state index contributed by atoms with van der Waals surface area (Å²) in [6, 6.07) is 18.1. The number of likely N-dealkylation sites (tertiary alicyclic amines) is 1. The molecule has 1 aliphatic rings. The van der Waals surface area contributed by atoms with E-state index in [1.807, 2.05) is 24.3 Å². The maximum absolute atomic E-state index is 12.4. The Morgan fingerprint density at radius 2 is 1.52 bits per heavy atom. The molecule has 2 aromatic carbocycles. The third-order valence-corrected chi connectivity index (χ3v) is 4.53. The molecule has 0 radical (unpaired) electrons. The van der Waals surface area contributed by atoms with Crippen LogP contribution in [0.1, 0.15) is 34.9 Å². The largest absolute Gasteiger partial charge is 0.378 e. The number of rotatable bonds is 4. The van der Waals surface area contributed by atoms with Crippen molar-refractivity contribution in [2.75, 3.05) is 13.1 Å². The second-order valence-corrected chi connectivity index (χ2v) is 6.25. The van der Waals surface area contributed by atoms with Crippen LogP contribution in [-0.2, 0) is 4.79 Å². The lowest BCUT2D eigenvalue weighted by Gasteiger charge is -2.33. The summed E-state index contributed by atoms with van der Waals surface area (Å²) >= 11 is 0. The van der Waals surface area contributed by atoms with E-state index in [1.165, 1.54) is 0 Å². The van der Waals surface area contributed by atoms with Crippen molar-refractivity contribution >= 4 is 11.8 Å². The van der Waals surface area contributed by atoms with Crippen LogP contribution in [0.15, 0.2) is 60.7 Å². The maximum Gasteiger partial charge on any atom is 0.256 e. The lowest BCUT2D eigenvalue weighted by atomic mass is 10.0. The number of nitrogens with zero attached hydrogens (tertiary/aromatic N) is 1. The van der Waals surface area contributed by atoms with Gasteiger partial charge in [0.05, 0.1) is 0 Å². The fourth-order valence-electron chi connectivity index (χ4n) is 3.05. The van der Waals surface area contributed by atoms with Crippen molar-refractivity contribution in [2.45, 2.75) is 25.0 Å². The second kappa shape index (κ2) is 7.94. The molecule has 1 saturated heterocycles. The molecule has 3 rings (SSSR count). The van der Waals surface area contributed by atoms with E-state index >= 15 is 0 Å². The minimum absolute atomic E-state index is 0.0469. The summed E-state index contributed by atoms with van der Waals surface area (Å²) in [7, 11) is 0. The molecule has 2 amide bonds. The number of aliphatic hydroxyl groups excluding tert-OH is 1. The number of carbonyl (C=O) groups is 2. The fourth-order valence-corrected chi connectivity index (χ4v) is 3.05. The van der Waals surface area contributed by atoms with Gasteiger partial charge in [0, 0.05) is 24.7 Å². The molecular formula is C20H22N2O3. The summed E-state index contributed by atoms with van der Waals surface area (Å²) < 4.78 is 0. The van der Waals surface area contributed by atoms with Crippen LogP contribution in [0.5, 0.6) is 0 Å². The van der Waals surface area contributed by atoms with E-state index in [0.717, 1.165) is 0 Å². The van der Waals surface area contributed by atoms with Gasteiger partial charge < -0.3 is 15.3 Å². The van der Waals surface area contributed by atoms with Crippen LogP contribution in [0.3, 0.4) is 0 Å².